The Morgan fingerprint density at radius 1 is 1.22 bits per heavy atom. The van der Waals surface area contributed by atoms with Crippen molar-refractivity contribution in [1.82, 2.24) is 0 Å². The van der Waals surface area contributed by atoms with Gasteiger partial charge in [-0.2, -0.15) is 0 Å². The van der Waals surface area contributed by atoms with E-state index in [1.807, 2.05) is 0 Å². The molecule has 0 radical (unpaired) electrons. The number of carbonyl (C=O) groups is 4. The number of hydrogen-bond acceptors (Lipinski definition) is 7. The maximum Gasteiger partial charge on any atom is 0.306 e. The van der Waals surface area contributed by atoms with E-state index in [4.69, 9.17) is 9.47 Å². The molecule has 1 N–H and O–H groups in total. The fourth-order valence-electron chi connectivity index (χ4n) is 7.61. The second kappa shape index (κ2) is 8.85. The summed E-state index contributed by atoms with van der Waals surface area (Å²) in [6.45, 7) is 5.50. The molecule has 4 aliphatic rings. The lowest BCUT2D eigenvalue weighted by molar-refractivity contribution is -0.229. The average Bonchev–Trinajstić information content (AvgIpc) is 3.08. The number of ketones is 2. The molecule has 4 unspecified atom stereocenters. The molecule has 0 spiro atoms. The lowest BCUT2D eigenvalue weighted by Gasteiger charge is -2.63. The molecule has 0 bridgehead atoms. The van der Waals surface area contributed by atoms with Gasteiger partial charge in [0.05, 0.1) is 6.10 Å². The van der Waals surface area contributed by atoms with Crippen molar-refractivity contribution in [2.45, 2.75) is 89.8 Å². The van der Waals surface area contributed by atoms with Gasteiger partial charge in [0.25, 0.3) is 0 Å². The van der Waals surface area contributed by atoms with E-state index >= 15 is 8.78 Å². The van der Waals surface area contributed by atoms with Crippen LogP contribution in [0.4, 0.5) is 8.78 Å². The maximum atomic E-state index is 17.2. The van der Waals surface area contributed by atoms with Gasteiger partial charge in [-0.15, -0.1) is 0 Å². The van der Waals surface area contributed by atoms with Gasteiger partial charge in [0, 0.05) is 30.1 Å². The summed E-state index contributed by atoms with van der Waals surface area (Å²) in [5.74, 6) is -3.96. The van der Waals surface area contributed by atoms with Crippen LogP contribution >= 0.6 is 0 Å². The quantitative estimate of drug-likeness (QED) is 0.547. The first kappa shape index (κ1) is 26.6. The van der Waals surface area contributed by atoms with Crippen LogP contribution in [0, 0.1) is 22.7 Å². The predicted molar refractivity (Wildman–Crippen MR) is 124 cm³/mol. The number of fused-ring (bicyclic) bond motifs is 5. The highest BCUT2D eigenvalue weighted by atomic mass is 19.1. The smallest absolute Gasteiger partial charge is 0.306 e. The zero-order chi connectivity index (χ0) is 26.7. The third kappa shape index (κ3) is 3.52. The van der Waals surface area contributed by atoms with Crippen LogP contribution in [0.3, 0.4) is 0 Å². The summed E-state index contributed by atoms with van der Waals surface area (Å²) < 4.78 is 43.6. The fourth-order valence-corrected chi connectivity index (χ4v) is 7.61. The number of halogens is 2. The number of rotatable bonds is 6. The molecule has 3 saturated carbocycles. The first-order valence-electron chi connectivity index (χ1n) is 12.6. The molecule has 7 nitrogen and oxygen atoms in total. The highest BCUT2D eigenvalue weighted by Gasteiger charge is 2.76. The number of esters is 2. The van der Waals surface area contributed by atoms with Crippen LogP contribution in [-0.2, 0) is 28.7 Å². The van der Waals surface area contributed by atoms with E-state index < -0.39 is 76.3 Å². The summed E-state index contributed by atoms with van der Waals surface area (Å²) in [5, 5.41) is 11.4. The third-order valence-corrected chi connectivity index (χ3v) is 9.35. The zero-order valence-electron chi connectivity index (χ0n) is 21.1. The van der Waals surface area contributed by atoms with E-state index in [1.54, 1.807) is 13.8 Å². The van der Waals surface area contributed by atoms with Crippen LogP contribution < -0.4 is 0 Å². The number of aliphatic hydroxyl groups is 1. The standard InChI is InChI=1S/C27H34F2O7/c1-5-6-23(34)36-26(22(33)14-35-15(2)30)10-8-17-18-12-20(28)19-11-16(31)7-9-24(19,3)27(18,29)21(32)13-25(17,26)4/h7,9,11,17-18,20-21,32H,5-6,8,10,12-14H2,1-4H3/t17?,18?,20?,21?,24-,25-,26+,27+/m0/s1. The van der Waals surface area contributed by atoms with Crippen LogP contribution in [0.15, 0.2) is 23.8 Å². The second-order valence-electron chi connectivity index (χ2n) is 11.2. The van der Waals surface area contributed by atoms with Gasteiger partial charge in [-0.25, -0.2) is 8.78 Å². The van der Waals surface area contributed by atoms with Crippen molar-refractivity contribution < 1.29 is 42.5 Å². The van der Waals surface area contributed by atoms with Crippen molar-refractivity contribution in [1.29, 1.82) is 0 Å². The topological polar surface area (TPSA) is 107 Å². The number of carbonyl (C=O) groups excluding carboxylic acids is 4. The van der Waals surface area contributed by atoms with Crippen molar-refractivity contribution in [3.63, 3.8) is 0 Å². The Morgan fingerprint density at radius 3 is 2.56 bits per heavy atom. The highest BCUT2D eigenvalue weighted by molar-refractivity contribution is 6.01. The predicted octanol–water partition coefficient (Wildman–Crippen LogP) is 3.52. The Labute approximate surface area is 209 Å². The number of aliphatic hydroxyl groups excluding tert-OH is 1. The van der Waals surface area contributed by atoms with Crippen molar-refractivity contribution in [2.24, 2.45) is 22.7 Å². The van der Waals surface area contributed by atoms with Crippen molar-refractivity contribution in [3.05, 3.63) is 23.8 Å². The largest absolute Gasteiger partial charge is 0.458 e. The molecular formula is C27H34F2O7. The summed E-state index contributed by atoms with van der Waals surface area (Å²) in [6.07, 6.45) is 0.783. The molecule has 0 aromatic carbocycles. The molecule has 3 fully saturated rings. The average molecular weight is 509 g/mol. The molecule has 0 aliphatic heterocycles. The minimum Gasteiger partial charge on any atom is -0.458 e. The van der Waals surface area contributed by atoms with Crippen LogP contribution in [-0.4, -0.2) is 58.8 Å². The maximum absolute atomic E-state index is 17.2. The van der Waals surface area contributed by atoms with Crippen molar-refractivity contribution >= 4 is 23.5 Å². The van der Waals surface area contributed by atoms with Crippen molar-refractivity contribution in [2.75, 3.05) is 6.61 Å². The first-order chi connectivity index (χ1) is 16.8. The Bertz CT molecular complexity index is 1050. The lowest BCUT2D eigenvalue weighted by Crippen LogP contribution is -2.70. The normalized spacial score (nSPS) is 43.1. The first-order valence-corrected chi connectivity index (χ1v) is 12.6. The van der Waals surface area contributed by atoms with Crippen LogP contribution in [0.1, 0.15) is 66.2 Å². The van der Waals surface area contributed by atoms with E-state index in [1.165, 1.54) is 19.1 Å². The van der Waals surface area contributed by atoms with Gasteiger partial charge in [0.2, 0.25) is 5.78 Å². The molecule has 0 saturated heterocycles. The van der Waals surface area contributed by atoms with Crippen LogP contribution in [0.5, 0.6) is 0 Å². The van der Waals surface area contributed by atoms with Crippen LogP contribution in [0.25, 0.3) is 0 Å². The van der Waals surface area contributed by atoms with E-state index in [0.29, 0.717) is 6.42 Å². The lowest BCUT2D eigenvalue weighted by atomic mass is 9.44. The molecular weight excluding hydrogens is 474 g/mol. The summed E-state index contributed by atoms with van der Waals surface area (Å²) in [7, 11) is 0. The Balaban J connectivity index is 1.80. The number of hydrogen-bond donors (Lipinski definition) is 1. The van der Waals surface area contributed by atoms with Crippen LogP contribution in [0.2, 0.25) is 0 Å². The number of alkyl halides is 2. The third-order valence-electron chi connectivity index (χ3n) is 9.35. The van der Waals surface area contributed by atoms with E-state index in [2.05, 4.69) is 0 Å². The highest BCUT2D eigenvalue weighted by Crippen LogP contribution is 2.70. The Morgan fingerprint density at radius 2 is 1.92 bits per heavy atom. The van der Waals surface area contributed by atoms with E-state index in [0.717, 1.165) is 13.0 Å². The summed E-state index contributed by atoms with van der Waals surface area (Å²) >= 11 is 0. The van der Waals surface area contributed by atoms with Gasteiger partial charge in [-0.1, -0.05) is 19.9 Å². The zero-order valence-corrected chi connectivity index (χ0v) is 21.1. The van der Waals surface area contributed by atoms with Crippen molar-refractivity contribution in [3.8, 4) is 0 Å². The monoisotopic (exact) mass is 508 g/mol. The molecule has 0 aromatic heterocycles. The molecule has 198 valence electrons. The Hall–Kier alpha value is -2.42. The number of ether oxygens (including phenoxy) is 2. The van der Waals surface area contributed by atoms with Gasteiger partial charge in [-0.3, -0.25) is 19.2 Å². The van der Waals surface area contributed by atoms with Gasteiger partial charge in [0.15, 0.2) is 23.7 Å². The number of Topliss-reactive ketones (excluding diaryl/α,β-unsaturated/α-hetero) is 1. The fraction of sp³-hybridized carbons (Fsp3) is 0.704. The second-order valence-corrected chi connectivity index (χ2v) is 11.2. The molecule has 4 aliphatic carbocycles. The molecule has 0 amide bonds. The molecule has 0 aromatic rings. The molecule has 9 heteroatoms. The molecule has 4 rings (SSSR count). The minimum absolute atomic E-state index is 0.0148. The molecule has 8 atom stereocenters. The van der Waals surface area contributed by atoms with E-state index in [9.17, 15) is 24.3 Å². The van der Waals surface area contributed by atoms with Gasteiger partial charge in [0.1, 0.15) is 6.17 Å². The van der Waals surface area contributed by atoms with E-state index in [-0.39, 0.29) is 37.7 Å². The van der Waals surface area contributed by atoms with Gasteiger partial charge >= 0.3 is 11.9 Å². The summed E-state index contributed by atoms with van der Waals surface area (Å²) in [4.78, 5) is 49.6. The summed E-state index contributed by atoms with van der Waals surface area (Å²) in [6, 6.07) is 0. The summed E-state index contributed by atoms with van der Waals surface area (Å²) in [5.41, 5.74) is -6.80. The minimum atomic E-state index is -2.30. The van der Waals surface area contributed by atoms with Gasteiger partial charge in [-0.05, 0) is 62.7 Å². The Kier molecular flexibility index (Phi) is 6.55. The molecule has 0 heterocycles. The van der Waals surface area contributed by atoms with Gasteiger partial charge < -0.3 is 14.6 Å². The SMILES string of the molecule is CCCC(=O)O[C@@]1(C(=O)COC(C)=O)CCC2C3CC(F)C4=CC(=O)C=C[C@]4(C)[C@]3(F)C(O)C[C@@]21C. The number of allylic oxidation sites excluding steroid dienone is 4. The molecule has 36 heavy (non-hydrogen) atoms.